The summed E-state index contributed by atoms with van der Waals surface area (Å²) in [6, 6.07) is 11.1. The van der Waals surface area contributed by atoms with Crippen molar-refractivity contribution in [1.29, 1.82) is 0 Å². The largest absolute Gasteiger partial charge is 0.497 e. The summed E-state index contributed by atoms with van der Waals surface area (Å²) in [5.74, 6) is -1.61. The van der Waals surface area contributed by atoms with E-state index in [9.17, 15) is 19.5 Å². The summed E-state index contributed by atoms with van der Waals surface area (Å²) in [4.78, 5) is 38.4. The van der Waals surface area contributed by atoms with Crippen LogP contribution in [0.3, 0.4) is 0 Å². The molecule has 7 heteroatoms. The fourth-order valence-corrected chi connectivity index (χ4v) is 2.94. The lowest BCUT2D eigenvalue weighted by molar-refractivity contribution is -0.149. The number of rotatable bonds is 5. The molecular formula is C19H17NO6. The highest BCUT2D eigenvalue weighted by atomic mass is 16.5. The number of hydrogen-bond donors (Lipinski definition) is 1. The van der Waals surface area contributed by atoms with E-state index >= 15 is 0 Å². The van der Waals surface area contributed by atoms with Gasteiger partial charge in [-0.1, -0.05) is 24.3 Å². The molecule has 2 amide bonds. The first-order valence-electron chi connectivity index (χ1n) is 7.86. The molecule has 1 heterocycles. The number of amides is 2. The number of aliphatic hydroxyl groups is 1. The van der Waals surface area contributed by atoms with Crippen LogP contribution in [-0.4, -0.2) is 48.1 Å². The van der Waals surface area contributed by atoms with Crippen LogP contribution in [0, 0.1) is 0 Å². The van der Waals surface area contributed by atoms with E-state index in [2.05, 4.69) is 0 Å². The first-order chi connectivity index (χ1) is 12.5. The summed E-state index contributed by atoms with van der Waals surface area (Å²) in [6.07, 6.45) is -1.45. The molecule has 2 aromatic carbocycles. The minimum atomic E-state index is -1.50. The smallest absolute Gasteiger partial charge is 0.332 e. The van der Waals surface area contributed by atoms with Crippen LogP contribution in [-0.2, 0) is 9.53 Å². The minimum Gasteiger partial charge on any atom is -0.497 e. The molecule has 2 atom stereocenters. The normalized spacial score (nSPS) is 15.4. The second-order valence-electron chi connectivity index (χ2n) is 5.71. The summed E-state index contributed by atoms with van der Waals surface area (Å²) in [5, 5.41) is 10.7. The van der Waals surface area contributed by atoms with Crippen molar-refractivity contribution < 1.29 is 29.0 Å². The number of fused-ring (bicyclic) bond motifs is 1. The molecule has 0 spiro atoms. The Labute approximate surface area is 149 Å². The van der Waals surface area contributed by atoms with Gasteiger partial charge in [0.25, 0.3) is 11.8 Å². The van der Waals surface area contributed by atoms with E-state index in [0.29, 0.717) is 11.3 Å². The van der Waals surface area contributed by atoms with Crippen molar-refractivity contribution >= 4 is 17.8 Å². The highest BCUT2D eigenvalue weighted by Crippen LogP contribution is 2.31. The van der Waals surface area contributed by atoms with Crippen LogP contribution in [0.15, 0.2) is 48.5 Å². The molecule has 1 aliphatic rings. The van der Waals surface area contributed by atoms with Crippen LogP contribution in [0.4, 0.5) is 0 Å². The topological polar surface area (TPSA) is 93.1 Å². The summed E-state index contributed by atoms with van der Waals surface area (Å²) in [5.41, 5.74) is 0.722. The predicted molar refractivity (Wildman–Crippen MR) is 90.7 cm³/mol. The number of carbonyl (C=O) groups is 3. The molecule has 1 N–H and O–H groups in total. The summed E-state index contributed by atoms with van der Waals surface area (Å²) in [7, 11) is 2.63. The van der Waals surface area contributed by atoms with E-state index in [1.165, 1.54) is 19.2 Å². The number of imide groups is 1. The molecule has 3 rings (SSSR count). The number of aliphatic hydroxyl groups excluding tert-OH is 1. The molecule has 0 fully saturated rings. The summed E-state index contributed by atoms with van der Waals surface area (Å²) >= 11 is 0. The highest BCUT2D eigenvalue weighted by molar-refractivity contribution is 6.22. The Balaban J connectivity index is 2.00. The van der Waals surface area contributed by atoms with Crippen LogP contribution in [0.2, 0.25) is 0 Å². The molecule has 0 unspecified atom stereocenters. The third-order valence-electron chi connectivity index (χ3n) is 4.30. The summed E-state index contributed by atoms with van der Waals surface area (Å²) < 4.78 is 9.80. The summed E-state index contributed by atoms with van der Waals surface area (Å²) in [6.45, 7) is 0. The molecule has 0 radical (unpaired) electrons. The fraction of sp³-hybridized carbons (Fsp3) is 0.211. The van der Waals surface area contributed by atoms with Crippen molar-refractivity contribution in [2.75, 3.05) is 14.2 Å². The number of ether oxygens (including phenoxy) is 2. The third-order valence-corrected chi connectivity index (χ3v) is 4.30. The number of methoxy groups -OCH3 is 2. The van der Waals surface area contributed by atoms with Gasteiger partial charge in [0.1, 0.15) is 11.9 Å². The third kappa shape index (κ3) is 2.82. The number of esters is 1. The zero-order chi connectivity index (χ0) is 18.8. The van der Waals surface area contributed by atoms with Gasteiger partial charge >= 0.3 is 5.97 Å². The van der Waals surface area contributed by atoms with E-state index in [4.69, 9.17) is 9.47 Å². The van der Waals surface area contributed by atoms with Crippen LogP contribution in [0.5, 0.6) is 5.75 Å². The standard InChI is InChI=1S/C19H17NO6/c1-25-12-9-7-11(8-10-12)16(21)15(19(24)26-2)20-17(22)13-5-3-4-6-14(13)18(20)23/h3-10,15-16,21H,1-2H3/t15-,16-/m0/s1. The van der Waals surface area contributed by atoms with Crippen molar-refractivity contribution in [3.63, 3.8) is 0 Å². The minimum absolute atomic E-state index is 0.188. The molecule has 0 aromatic heterocycles. The lowest BCUT2D eigenvalue weighted by atomic mass is 10.0. The van der Waals surface area contributed by atoms with Crippen molar-refractivity contribution in [2.45, 2.75) is 12.1 Å². The van der Waals surface area contributed by atoms with E-state index in [1.54, 1.807) is 36.4 Å². The van der Waals surface area contributed by atoms with Gasteiger partial charge in [0.2, 0.25) is 0 Å². The second kappa shape index (κ2) is 6.97. The fourth-order valence-electron chi connectivity index (χ4n) is 2.94. The molecule has 0 saturated heterocycles. The van der Waals surface area contributed by atoms with E-state index in [1.807, 2.05) is 0 Å². The van der Waals surface area contributed by atoms with Gasteiger partial charge in [-0.25, -0.2) is 4.79 Å². The quantitative estimate of drug-likeness (QED) is 0.646. The SMILES string of the molecule is COC(=O)[C@H]([C@@H](O)c1ccc(OC)cc1)N1C(=O)c2ccccc2C1=O. The number of hydrogen-bond acceptors (Lipinski definition) is 6. The van der Waals surface area contributed by atoms with E-state index < -0.39 is 29.9 Å². The number of benzene rings is 2. The first-order valence-corrected chi connectivity index (χ1v) is 7.86. The lowest BCUT2D eigenvalue weighted by Gasteiger charge is -2.28. The molecule has 2 aromatic rings. The Morgan fingerprint density at radius 1 is 0.962 bits per heavy atom. The Morgan fingerprint density at radius 2 is 1.50 bits per heavy atom. The number of carbonyl (C=O) groups excluding carboxylic acids is 3. The van der Waals surface area contributed by atoms with Gasteiger partial charge < -0.3 is 14.6 Å². The molecule has 26 heavy (non-hydrogen) atoms. The van der Waals surface area contributed by atoms with Crippen LogP contribution < -0.4 is 4.74 Å². The van der Waals surface area contributed by atoms with Crippen molar-refractivity contribution in [2.24, 2.45) is 0 Å². The van der Waals surface area contributed by atoms with Gasteiger partial charge in [-0.15, -0.1) is 0 Å². The van der Waals surface area contributed by atoms with E-state index in [0.717, 1.165) is 12.0 Å². The zero-order valence-electron chi connectivity index (χ0n) is 14.2. The molecule has 0 bridgehead atoms. The maximum atomic E-state index is 12.7. The zero-order valence-corrected chi connectivity index (χ0v) is 14.2. The maximum absolute atomic E-state index is 12.7. The number of nitrogens with zero attached hydrogens (tertiary/aromatic N) is 1. The second-order valence-corrected chi connectivity index (χ2v) is 5.71. The van der Waals surface area contributed by atoms with Crippen molar-refractivity contribution in [3.05, 3.63) is 65.2 Å². The molecular weight excluding hydrogens is 338 g/mol. The Morgan fingerprint density at radius 3 is 1.96 bits per heavy atom. The van der Waals surface area contributed by atoms with Gasteiger partial charge in [-0.05, 0) is 29.8 Å². The van der Waals surface area contributed by atoms with Crippen molar-refractivity contribution in [3.8, 4) is 5.75 Å². The van der Waals surface area contributed by atoms with Crippen LogP contribution in [0.1, 0.15) is 32.4 Å². The van der Waals surface area contributed by atoms with Gasteiger partial charge in [0, 0.05) is 0 Å². The van der Waals surface area contributed by atoms with Gasteiger partial charge in [-0.3, -0.25) is 14.5 Å². The monoisotopic (exact) mass is 355 g/mol. The van der Waals surface area contributed by atoms with E-state index in [-0.39, 0.29) is 11.1 Å². The Kier molecular flexibility index (Phi) is 4.73. The van der Waals surface area contributed by atoms with Gasteiger partial charge in [0.15, 0.2) is 6.04 Å². The van der Waals surface area contributed by atoms with Crippen LogP contribution >= 0.6 is 0 Å². The Bertz CT molecular complexity index is 826. The highest BCUT2D eigenvalue weighted by Gasteiger charge is 2.46. The predicted octanol–water partition coefficient (Wildman–Crippen LogP) is 1.57. The lowest BCUT2D eigenvalue weighted by Crippen LogP contribution is -2.49. The molecule has 0 aliphatic carbocycles. The van der Waals surface area contributed by atoms with Crippen molar-refractivity contribution in [1.82, 2.24) is 4.90 Å². The van der Waals surface area contributed by atoms with Crippen LogP contribution in [0.25, 0.3) is 0 Å². The molecule has 134 valence electrons. The molecule has 0 saturated carbocycles. The Hall–Kier alpha value is -3.19. The average molecular weight is 355 g/mol. The first kappa shape index (κ1) is 17.6. The average Bonchev–Trinajstić information content (AvgIpc) is 2.93. The van der Waals surface area contributed by atoms with Gasteiger partial charge in [-0.2, -0.15) is 0 Å². The van der Waals surface area contributed by atoms with Gasteiger partial charge in [0.05, 0.1) is 25.3 Å². The molecule has 7 nitrogen and oxygen atoms in total. The molecule has 1 aliphatic heterocycles. The maximum Gasteiger partial charge on any atom is 0.332 e.